The third-order valence-electron chi connectivity index (χ3n) is 2.55. The van der Waals surface area contributed by atoms with Gasteiger partial charge in [-0.2, -0.15) is 0 Å². The Hall–Kier alpha value is -0.410. The smallest absolute Gasteiger partial charge is 0.121 e. The molecule has 0 aromatic heterocycles. The van der Waals surface area contributed by atoms with Gasteiger partial charge in [-0.15, -0.1) is 0 Å². The molecule has 0 amide bonds. The minimum absolute atomic E-state index is 0.464. The Morgan fingerprint density at radius 3 is 3.09 bits per heavy atom. The SMILES string of the molecule is O=CCCN1CC2CC1CO2. The summed E-state index contributed by atoms with van der Waals surface area (Å²) in [5.41, 5.74) is 0. The van der Waals surface area contributed by atoms with Crippen LogP contribution >= 0.6 is 0 Å². The Kier molecular flexibility index (Phi) is 1.92. The number of morpholine rings is 1. The van der Waals surface area contributed by atoms with Gasteiger partial charge in [-0.3, -0.25) is 4.90 Å². The first-order valence-electron chi connectivity index (χ1n) is 4.19. The summed E-state index contributed by atoms with van der Waals surface area (Å²) in [5, 5.41) is 0. The van der Waals surface area contributed by atoms with Gasteiger partial charge in [-0.1, -0.05) is 0 Å². The van der Waals surface area contributed by atoms with Crippen molar-refractivity contribution in [3.63, 3.8) is 0 Å². The Labute approximate surface area is 66.3 Å². The Bertz CT molecular complexity index is 160. The van der Waals surface area contributed by atoms with Crippen LogP contribution in [0.5, 0.6) is 0 Å². The monoisotopic (exact) mass is 155 g/mol. The summed E-state index contributed by atoms with van der Waals surface area (Å²) >= 11 is 0. The van der Waals surface area contributed by atoms with Gasteiger partial charge in [0.25, 0.3) is 0 Å². The average Bonchev–Trinajstić information content (AvgIpc) is 2.60. The summed E-state index contributed by atoms with van der Waals surface area (Å²) in [6.45, 7) is 2.84. The molecule has 2 bridgehead atoms. The Morgan fingerprint density at radius 2 is 2.55 bits per heavy atom. The predicted octanol–water partition coefficient (Wildman–Crippen LogP) is 0.0485. The van der Waals surface area contributed by atoms with Crippen molar-refractivity contribution >= 4 is 6.29 Å². The molecule has 0 aromatic rings. The van der Waals surface area contributed by atoms with Crippen LogP contribution in [0.25, 0.3) is 0 Å². The lowest BCUT2D eigenvalue weighted by atomic mass is 10.2. The maximum atomic E-state index is 10.1. The molecule has 62 valence electrons. The summed E-state index contributed by atoms with van der Waals surface area (Å²) in [6.07, 6.45) is 3.31. The van der Waals surface area contributed by atoms with E-state index in [1.165, 1.54) is 6.42 Å². The van der Waals surface area contributed by atoms with Gasteiger partial charge >= 0.3 is 0 Å². The number of nitrogens with zero attached hydrogens (tertiary/aromatic N) is 1. The molecule has 2 saturated heterocycles. The number of likely N-dealkylation sites (tertiary alicyclic amines) is 1. The highest BCUT2D eigenvalue weighted by Gasteiger charge is 2.38. The van der Waals surface area contributed by atoms with Gasteiger partial charge in [0.2, 0.25) is 0 Å². The topological polar surface area (TPSA) is 29.5 Å². The van der Waals surface area contributed by atoms with Crippen molar-refractivity contribution < 1.29 is 9.53 Å². The van der Waals surface area contributed by atoms with Crippen molar-refractivity contribution in [2.24, 2.45) is 0 Å². The van der Waals surface area contributed by atoms with Crippen LogP contribution < -0.4 is 0 Å². The average molecular weight is 155 g/mol. The molecule has 2 aliphatic heterocycles. The van der Waals surface area contributed by atoms with E-state index in [2.05, 4.69) is 4.90 Å². The van der Waals surface area contributed by atoms with Gasteiger partial charge in [-0.05, 0) is 6.42 Å². The first-order chi connectivity index (χ1) is 5.40. The third kappa shape index (κ3) is 1.30. The molecule has 3 nitrogen and oxygen atoms in total. The number of hydrogen-bond acceptors (Lipinski definition) is 3. The van der Waals surface area contributed by atoms with Crippen LogP contribution in [0.2, 0.25) is 0 Å². The van der Waals surface area contributed by atoms with Crippen molar-refractivity contribution in [3.8, 4) is 0 Å². The Balaban J connectivity index is 1.83. The van der Waals surface area contributed by atoms with Crippen LogP contribution in [0.3, 0.4) is 0 Å². The molecule has 3 heteroatoms. The number of ether oxygens (including phenoxy) is 1. The molecule has 0 spiro atoms. The van der Waals surface area contributed by atoms with E-state index in [-0.39, 0.29) is 0 Å². The molecular weight excluding hydrogens is 142 g/mol. The molecule has 2 heterocycles. The summed E-state index contributed by atoms with van der Waals surface area (Å²) < 4.78 is 5.43. The molecule has 11 heavy (non-hydrogen) atoms. The third-order valence-corrected chi connectivity index (χ3v) is 2.55. The zero-order valence-electron chi connectivity index (χ0n) is 6.53. The van der Waals surface area contributed by atoms with Gasteiger partial charge in [0.05, 0.1) is 12.7 Å². The molecule has 0 N–H and O–H groups in total. The van der Waals surface area contributed by atoms with E-state index in [0.717, 1.165) is 26.0 Å². The number of aldehydes is 1. The van der Waals surface area contributed by atoms with E-state index in [9.17, 15) is 4.79 Å². The van der Waals surface area contributed by atoms with Crippen molar-refractivity contribution in [2.45, 2.75) is 25.0 Å². The quantitative estimate of drug-likeness (QED) is 0.539. The molecule has 2 atom stereocenters. The molecule has 0 saturated carbocycles. The van der Waals surface area contributed by atoms with E-state index in [4.69, 9.17) is 4.74 Å². The maximum absolute atomic E-state index is 10.1. The number of rotatable bonds is 3. The summed E-state index contributed by atoms with van der Waals surface area (Å²) in [4.78, 5) is 12.5. The van der Waals surface area contributed by atoms with E-state index in [1.54, 1.807) is 0 Å². The second-order valence-corrected chi connectivity index (χ2v) is 3.30. The lowest BCUT2D eigenvalue weighted by molar-refractivity contribution is -0.108. The highest BCUT2D eigenvalue weighted by atomic mass is 16.5. The Morgan fingerprint density at radius 1 is 1.64 bits per heavy atom. The zero-order chi connectivity index (χ0) is 7.68. The van der Waals surface area contributed by atoms with Crippen molar-refractivity contribution in [1.82, 2.24) is 4.90 Å². The normalized spacial score (nSPS) is 36.4. The number of carbonyl (C=O) groups is 1. The minimum atomic E-state index is 0.464. The van der Waals surface area contributed by atoms with Crippen LogP contribution in [0.1, 0.15) is 12.8 Å². The van der Waals surface area contributed by atoms with Gasteiger partial charge in [0.15, 0.2) is 0 Å². The number of hydrogen-bond donors (Lipinski definition) is 0. The second-order valence-electron chi connectivity index (χ2n) is 3.30. The van der Waals surface area contributed by atoms with Crippen LogP contribution in [0.15, 0.2) is 0 Å². The number of carbonyl (C=O) groups excluding carboxylic acids is 1. The van der Waals surface area contributed by atoms with Crippen molar-refractivity contribution in [3.05, 3.63) is 0 Å². The van der Waals surface area contributed by atoms with Crippen LogP contribution in [-0.2, 0) is 9.53 Å². The molecule has 2 aliphatic rings. The molecule has 0 aromatic carbocycles. The highest BCUT2D eigenvalue weighted by Crippen LogP contribution is 2.27. The van der Waals surface area contributed by atoms with Gasteiger partial charge < -0.3 is 9.53 Å². The molecule has 0 aliphatic carbocycles. The maximum Gasteiger partial charge on any atom is 0.121 e. The van der Waals surface area contributed by atoms with Crippen LogP contribution in [-0.4, -0.2) is 43.0 Å². The van der Waals surface area contributed by atoms with Crippen molar-refractivity contribution in [1.29, 1.82) is 0 Å². The largest absolute Gasteiger partial charge is 0.375 e. The highest BCUT2D eigenvalue weighted by molar-refractivity contribution is 5.49. The zero-order valence-corrected chi connectivity index (χ0v) is 6.53. The second kappa shape index (κ2) is 2.91. The first-order valence-corrected chi connectivity index (χ1v) is 4.19. The van der Waals surface area contributed by atoms with E-state index < -0.39 is 0 Å². The summed E-state index contributed by atoms with van der Waals surface area (Å²) in [7, 11) is 0. The van der Waals surface area contributed by atoms with Gasteiger partial charge in [-0.25, -0.2) is 0 Å². The minimum Gasteiger partial charge on any atom is -0.375 e. The van der Waals surface area contributed by atoms with Gasteiger partial charge in [0, 0.05) is 25.6 Å². The van der Waals surface area contributed by atoms with Gasteiger partial charge in [0.1, 0.15) is 6.29 Å². The fourth-order valence-electron chi connectivity index (χ4n) is 1.97. The fraction of sp³-hybridized carbons (Fsp3) is 0.875. The van der Waals surface area contributed by atoms with Crippen LogP contribution in [0.4, 0.5) is 0 Å². The molecule has 2 rings (SSSR count). The molecule has 2 unspecified atom stereocenters. The standard InChI is InChI=1S/C8H13NO2/c10-3-1-2-9-5-8-4-7(9)6-11-8/h3,7-8H,1-2,4-6H2. The lowest BCUT2D eigenvalue weighted by Gasteiger charge is -2.25. The first kappa shape index (κ1) is 7.25. The summed E-state index contributed by atoms with van der Waals surface area (Å²) in [6, 6.07) is 0.611. The van der Waals surface area contributed by atoms with E-state index in [0.29, 0.717) is 18.6 Å². The molecule has 0 radical (unpaired) electrons. The molecular formula is C8H13NO2. The molecule has 2 fully saturated rings. The summed E-state index contributed by atoms with van der Waals surface area (Å²) in [5.74, 6) is 0. The van der Waals surface area contributed by atoms with E-state index in [1.807, 2.05) is 0 Å². The van der Waals surface area contributed by atoms with Crippen LogP contribution in [0, 0.1) is 0 Å². The fourth-order valence-corrected chi connectivity index (χ4v) is 1.97. The lowest BCUT2D eigenvalue weighted by Crippen LogP contribution is -2.37. The predicted molar refractivity (Wildman–Crippen MR) is 40.4 cm³/mol. The number of fused-ring (bicyclic) bond motifs is 2. The van der Waals surface area contributed by atoms with Crippen molar-refractivity contribution in [2.75, 3.05) is 19.7 Å². The van der Waals surface area contributed by atoms with E-state index >= 15 is 0 Å².